The van der Waals surface area contributed by atoms with Gasteiger partial charge >= 0.3 is 0 Å². The Balaban J connectivity index is 2.12. The number of halogens is 4. The quantitative estimate of drug-likeness (QED) is 0.626. The SMILES string of the molecule is ClCc1cc(Cl)ccc1OCc1ccc(Cl)c(Cl)c1. The molecule has 0 amide bonds. The fourth-order valence-corrected chi connectivity index (χ4v) is 2.31. The molecule has 0 aliphatic heterocycles. The topological polar surface area (TPSA) is 9.23 Å². The monoisotopic (exact) mass is 334 g/mol. The summed E-state index contributed by atoms with van der Waals surface area (Å²) in [4.78, 5) is 0. The molecule has 0 saturated carbocycles. The van der Waals surface area contributed by atoms with Gasteiger partial charge in [-0.1, -0.05) is 40.9 Å². The molecule has 0 saturated heterocycles. The lowest BCUT2D eigenvalue weighted by molar-refractivity contribution is 0.304. The van der Waals surface area contributed by atoms with E-state index >= 15 is 0 Å². The summed E-state index contributed by atoms with van der Waals surface area (Å²) >= 11 is 23.6. The number of hydrogen-bond donors (Lipinski definition) is 0. The van der Waals surface area contributed by atoms with Crippen molar-refractivity contribution >= 4 is 46.4 Å². The van der Waals surface area contributed by atoms with Crippen LogP contribution in [0.1, 0.15) is 11.1 Å². The molecular weight excluding hydrogens is 326 g/mol. The summed E-state index contributed by atoms with van der Waals surface area (Å²) in [6.07, 6.45) is 0. The van der Waals surface area contributed by atoms with E-state index < -0.39 is 0 Å². The second kappa shape index (κ2) is 6.71. The van der Waals surface area contributed by atoms with Gasteiger partial charge < -0.3 is 4.74 Å². The van der Waals surface area contributed by atoms with Crippen molar-refractivity contribution in [1.82, 2.24) is 0 Å². The highest BCUT2D eigenvalue weighted by atomic mass is 35.5. The first-order chi connectivity index (χ1) is 9.10. The maximum Gasteiger partial charge on any atom is 0.124 e. The Labute approximate surface area is 132 Å². The summed E-state index contributed by atoms with van der Waals surface area (Å²) in [5, 5.41) is 1.67. The Morgan fingerprint density at radius 1 is 0.895 bits per heavy atom. The van der Waals surface area contributed by atoms with Gasteiger partial charge in [-0.15, -0.1) is 11.6 Å². The number of ether oxygens (including phenoxy) is 1. The lowest BCUT2D eigenvalue weighted by Crippen LogP contribution is -1.98. The molecule has 2 rings (SSSR count). The average Bonchev–Trinajstić information content (AvgIpc) is 2.41. The predicted molar refractivity (Wildman–Crippen MR) is 81.8 cm³/mol. The van der Waals surface area contributed by atoms with Gasteiger partial charge in [-0.25, -0.2) is 0 Å². The average molecular weight is 336 g/mol. The van der Waals surface area contributed by atoms with Crippen LogP contribution in [0.5, 0.6) is 5.75 Å². The van der Waals surface area contributed by atoms with Gasteiger partial charge in [0.05, 0.1) is 15.9 Å². The molecule has 0 heterocycles. The normalized spacial score (nSPS) is 10.5. The second-order valence-electron chi connectivity index (χ2n) is 3.92. The van der Waals surface area contributed by atoms with E-state index in [1.165, 1.54) is 0 Å². The third-order valence-corrected chi connectivity index (χ3v) is 3.81. The van der Waals surface area contributed by atoms with Crippen molar-refractivity contribution in [3.63, 3.8) is 0 Å². The summed E-state index contributed by atoms with van der Waals surface area (Å²) in [5.41, 5.74) is 1.79. The molecule has 0 spiro atoms. The predicted octanol–water partition coefficient (Wildman–Crippen LogP) is 5.96. The van der Waals surface area contributed by atoms with Gasteiger partial charge in [0.2, 0.25) is 0 Å². The van der Waals surface area contributed by atoms with Gasteiger partial charge in [-0.3, -0.25) is 0 Å². The fraction of sp³-hybridized carbons (Fsp3) is 0.143. The Morgan fingerprint density at radius 3 is 2.37 bits per heavy atom. The molecule has 5 heteroatoms. The van der Waals surface area contributed by atoms with Crippen LogP contribution < -0.4 is 4.74 Å². The van der Waals surface area contributed by atoms with Gasteiger partial charge in [0.15, 0.2) is 0 Å². The van der Waals surface area contributed by atoms with E-state index in [1.807, 2.05) is 6.07 Å². The molecule has 2 aromatic rings. The molecule has 0 bridgehead atoms. The van der Waals surface area contributed by atoms with E-state index in [1.54, 1.807) is 30.3 Å². The van der Waals surface area contributed by atoms with Crippen LogP contribution in [0, 0.1) is 0 Å². The van der Waals surface area contributed by atoms with Crippen LogP contribution in [0.4, 0.5) is 0 Å². The van der Waals surface area contributed by atoms with Gasteiger partial charge in [-0.05, 0) is 35.9 Å². The highest BCUT2D eigenvalue weighted by Gasteiger charge is 2.05. The van der Waals surface area contributed by atoms with Crippen LogP contribution in [0.25, 0.3) is 0 Å². The zero-order valence-corrected chi connectivity index (χ0v) is 12.8. The summed E-state index contributed by atoms with van der Waals surface area (Å²) in [6.45, 7) is 0.391. The van der Waals surface area contributed by atoms with Crippen LogP contribution in [0.2, 0.25) is 15.1 Å². The number of benzene rings is 2. The Bertz CT molecular complexity index is 584. The maximum absolute atomic E-state index is 5.95. The smallest absolute Gasteiger partial charge is 0.124 e. The largest absolute Gasteiger partial charge is 0.489 e. The zero-order chi connectivity index (χ0) is 13.8. The number of alkyl halides is 1. The van der Waals surface area contributed by atoms with Crippen molar-refractivity contribution in [2.45, 2.75) is 12.5 Å². The first-order valence-electron chi connectivity index (χ1n) is 5.51. The molecular formula is C14H10Cl4O. The molecule has 2 aromatic carbocycles. The molecule has 0 aromatic heterocycles. The summed E-state index contributed by atoms with van der Waals surface area (Å²) in [6, 6.07) is 10.7. The van der Waals surface area contributed by atoms with Crippen LogP contribution in [-0.2, 0) is 12.5 Å². The third kappa shape index (κ3) is 3.93. The van der Waals surface area contributed by atoms with E-state index in [-0.39, 0.29) is 0 Å². The van der Waals surface area contributed by atoms with Crippen LogP contribution in [0.15, 0.2) is 36.4 Å². The molecule has 1 nitrogen and oxygen atoms in total. The summed E-state index contributed by atoms with van der Waals surface area (Å²) in [7, 11) is 0. The molecule has 0 radical (unpaired) electrons. The molecule has 0 aliphatic rings. The van der Waals surface area contributed by atoms with Crippen molar-refractivity contribution in [3.05, 3.63) is 62.6 Å². The summed E-state index contributed by atoms with van der Waals surface area (Å²) in [5.74, 6) is 1.06. The maximum atomic E-state index is 5.95. The highest BCUT2D eigenvalue weighted by molar-refractivity contribution is 6.42. The first-order valence-corrected chi connectivity index (χ1v) is 7.18. The minimum Gasteiger partial charge on any atom is -0.489 e. The number of hydrogen-bond acceptors (Lipinski definition) is 1. The minimum atomic E-state index is 0.345. The van der Waals surface area contributed by atoms with Crippen molar-refractivity contribution < 1.29 is 4.74 Å². The van der Waals surface area contributed by atoms with E-state index in [0.29, 0.717) is 33.3 Å². The molecule has 19 heavy (non-hydrogen) atoms. The van der Waals surface area contributed by atoms with Crippen molar-refractivity contribution in [2.75, 3.05) is 0 Å². The first kappa shape index (κ1) is 14.8. The molecule has 0 aliphatic carbocycles. The van der Waals surface area contributed by atoms with Crippen molar-refractivity contribution in [3.8, 4) is 5.75 Å². The number of rotatable bonds is 4. The third-order valence-electron chi connectivity index (χ3n) is 2.54. The van der Waals surface area contributed by atoms with E-state index in [4.69, 9.17) is 51.1 Å². The van der Waals surface area contributed by atoms with Gasteiger partial charge in [0.25, 0.3) is 0 Å². The Hall–Kier alpha value is -0.600. The second-order valence-corrected chi connectivity index (χ2v) is 5.44. The van der Waals surface area contributed by atoms with Crippen LogP contribution in [-0.4, -0.2) is 0 Å². The van der Waals surface area contributed by atoms with E-state index in [0.717, 1.165) is 11.1 Å². The summed E-state index contributed by atoms with van der Waals surface area (Å²) < 4.78 is 5.72. The van der Waals surface area contributed by atoms with Crippen LogP contribution in [0.3, 0.4) is 0 Å². The molecule has 0 N–H and O–H groups in total. The van der Waals surface area contributed by atoms with E-state index in [9.17, 15) is 0 Å². The van der Waals surface area contributed by atoms with E-state index in [2.05, 4.69) is 0 Å². The fourth-order valence-electron chi connectivity index (χ4n) is 1.58. The molecule has 0 atom stereocenters. The standard InChI is InChI=1S/C14H10Cl4O/c15-7-10-6-11(16)2-4-14(10)19-8-9-1-3-12(17)13(18)5-9/h1-6H,7-8H2. The van der Waals surface area contributed by atoms with Gasteiger partial charge in [0.1, 0.15) is 12.4 Å². The van der Waals surface area contributed by atoms with Crippen LogP contribution >= 0.6 is 46.4 Å². The molecule has 0 fully saturated rings. The molecule has 100 valence electrons. The highest BCUT2D eigenvalue weighted by Crippen LogP contribution is 2.27. The zero-order valence-electron chi connectivity index (χ0n) is 9.80. The van der Waals surface area contributed by atoms with Crippen molar-refractivity contribution in [2.24, 2.45) is 0 Å². The van der Waals surface area contributed by atoms with Crippen molar-refractivity contribution in [1.29, 1.82) is 0 Å². The molecule has 0 unspecified atom stereocenters. The lowest BCUT2D eigenvalue weighted by Gasteiger charge is -2.11. The lowest BCUT2D eigenvalue weighted by atomic mass is 10.2. The Morgan fingerprint density at radius 2 is 1.68 bits per heavy atom. The van der Waals surface area contributed by atoms with Gasteiger partial charge in [0, 0.05) is 10.6 Å². The Kier molecular flexibility index (Phi) is 5.23. The van der Waals surface area contributed by atoms with Gasteiger partial charge in [-0.2, -0.15) is 0 Å². The minimum absolute atomic E-state index is 0.345.